The Labute approximate surface area is 160 Å². The molecule has 0 atom stereocenters. The molecular weight excluding hydrogens is 334 g/mol. The number of rotatable bonds is 20. The van der Waals surface area contributed by atoms with Gasteiger partial charge in [0, 0.05) is 13.2 Å². The van der Waals surface area contributed by atoms with Gasteiger partial charge in [0.2, 0.25) is 5.91 Å². The zero-order chi connectivity index (χ0) is 19.3. The van der Waals surface area contributed by atoms with Crippen LogP contribution in [0.25, 0.3) is 0 Å². The molecule has 26 heavy (non-hydrogen) atoms. The highest BCUT2D eigenvalue weighted by Gasteiger charge is 2.01. The SMILES string of the molecule is CCCCCCOCCOCCOCCOCC(=O)NCCCC(C)C. The van der Waals surface area contributed by atoms with E-state index in [1.807, 2.05) is 0 Å². The summed E-state index contributed by atoms with van der Waals surface area (Å²) in [5.74, 6) is 0.610. The molecule has 0 bridgehead atoms. The Morgan fingerprint density at radius 2 is 1.35 bits per heavy atom. The number of ether oxygens (including phenoxy) is 4. The molecular formula is C20H41NO5. The highest BCUT2D eigenvalue weighted by atomic mass is 16.6. The first-order valence-electron chi connectivity index (χ1n) is 10.2. The van der Waals surface area contributed by atoms with Gasteiger partial charge in [-0.25, -0.2) is 0 Å². The van der Waals surface area contributed by atoms with Crippen LogP contribution in [0.3, 0.4) is 0 Å². The summed E-state index contributed by atoms with van der Waals surface area (Å²) >= 11 is 0. The second-order valence-electron chi connectivity index (χ2n) is 6.84. The fraction of sp³-hybridized carbons (Fsp3) is 0.950. The number of unbranched alkanes of at least 4 members (excludes halogenated alkanes) is 3. The van der Waals surface area contributed by atoms with E-state index in [1.54, 1.807) is 0 Å². The zero-order valence-corrected chi connectivity index (χ0v) is 17.2. The normalized spacial score (nSPS) is 11.2. The standard InChI is InChI=1S/C20H41NO5/c1-4-5-6-7-11-23-12-13-24-14-15-25-16-17-26-18-20(22)21-10-8-9-19(2)3/h19H,4-18H2,1-3H3,(H,21,22). The number of carbonyl (C=O) groups excluding carboxylic acids is 1. The van der Waals surface area contributed by atoms with Gasteiger partial charge in [-0.15, -0.1) is 0 Å². The van der Waals surface area contributed by atoms with Crippen molar-refractivity contribution in [2.24, 2.45) is 5.92 Å². The van der Waals surface area contributed by atoms with Gasteiger partial charge >= 0.3 is 0 Å². The lowest BCUT2D eigenvalue weighted by Crippen LogP contribution is -2.29. The molecule has 0 aromatic rings. The molecule has 0 saturated heterocycles. The van der Waals surface area contributed by atoms with Crippen molar-refractivity contribution in [2.75, 3.05) is 59.4 Å². The lowest BCUT2D eigenvalue weighted by molar-refractivity contribution is -0.126. The Kier molecular flexibility index (Phi) is 20.1. The first-order valence-corrected chi connectivity index (χ1v) is 10.2. The molecule has 1 N–H and O–H groups in total. The maximum absolute atomic E-state index is 11.5. The van der Waals surface area contributed by atoms with Crippen LogP contribution in [-0.4, -0.2) is 65.3 Å². The summed E-state index contributed by atoms with van der Waals surface area (Å²) in [5, 5.41) is 2.85. The molecule has 0 spiro atoms. The summed E-state index contributed by atoms with van der Waals surface area (Å²) in [4.78, 5) is 11.5. The second kappa shape index (κ2) is 20.6. The molecule has 0 fully saturated rings. The summed E-state index contributed by atoms with van der Waals surface area (Å²) in [6.07, 6.45) is 7.04. The third-order valence-electron chi connectivity index (χ3n) is 3.77. The largest absolute Gasteiger partial charge is 0.379 e. The molecule has 6 heteroatoms. The molecule has 0 aromatic carbocycles. The van der Waals surface area contributed by atoms with Gasteiger partial charge < -0.3 is 24.3 Å². The van der Waals surface area contributed by atoms with Gasteiger partial charge in [0.1, 0.15) is 6.61 Å². The zero-order valence-electron chi connectivity index (χ0n) is 17.2. The van der Waals surface area contributed by atoms with Crippen LogP contribution in [0, 0.1) is 5.92 Å². The number of carbonyl (C=O) groups is 1. The molecule has 156 valence electrons. The second-order valence-corrected chi connectivity index (χ2v) is 6.84. The number of hydrogen-bond acceptors (Lipinski definition) is 5. The smallest absolute Gasteiger partial charge is 0.245 e. The lowest BCUT2D eigenvalue weighted by atomic mass is 10.1. The predicted octanol–water partition coefficient (Wildman–Crippen LogP) is 3.19. The van der Waals surface area contributed by atoms with Crippen molar-refractivity contribution in [2.45, 2.75) is 59.3 Å². The summed E-state index contributed by atoms with van der Waals surface area (Å²) < 4.78 is 21.6. The predicted molar refractivity (Wildman–Crippen MR) is 104 cm³/mol. The van der Waals surface area contributed by atoms with Crippen LogP contribution in [0.15, 0.2) is 0 Å². The molecule has 0 aliphatic rings. The van der Waals surface area contributed by atoms with Crippen LogP contribution in [0.5, 0.6) is 0 Å². The molecule has 0 rings (SSSR count). The third-order valence-corrected chi connectivity index (χ3v) is 3.77. The third kappa shape index (κ3) is 21.4. The van der Waals surface area contributed by atoms with Crippen LogP contribution in [0.2, 0.25) is 0 Å². The van der Waals surface area contributed by atoms with E-state index in [1.165, 1.54) is 19.3 Å². The lowest BCUT2D eigenvalue weighted by Gasteiger charge is -2.08. The van der Waals surface area contributed by atoms with Gasteiger partial charge in [0.25, 0.3) is 0 Å². The van der Waals surface area contributed by atoms with Crippen LogP contribution < -0.4 is 5.32 Å². The minimum Gasteiger partial charge on any atom is -0.379 e. The fourth-order valence-electron chi connectivity index (χ4n) is 2.24. The van der Waals surface area contributed by atoms with E-state index in [-0.39, 0.29) is 12.5 Å². The molecule has 0 radical (unpaired) electrons. The molecule has 0 aliphatic carbocycles. The number of nitrogens with one attached hydrogen (secondary N) is 1. The quantitative estimate of drug-likeness (QED) is 0.331. The Morgan fingerprint density at radius 1 is 0.769 bits per heavy atom. The van der Waals surface area contributed by atoms with Crippen molar-refractivity contribution >= 4 is 5.91 Å². The Hall–Kier alpha value is -0.690. The molecule has 1 amide bonds. The van der Waals surface area contributed by atoms with E-state index >= 15 is 0 Å². The monoisotopic (exact) mass is 375 g/mol. The number of amides is 1. The van der Waals surface area contributed by atoms with Gasteiger partial charge in [-0.3, -0.25) is 4.79 Å². The summed E-state index contributed by atoms with van der Waals surface area (Å²) in [6.45, 7) is 11.4. The number of hydrogen-bond donors (Lipinski definition) is 1. The molecule has 0 unspecified atom stereocenters. The topological polar surface area (TPSA) is 66.0 Å². The first-order chi connectivity index (χ1) is 12.7. The van der Waals surface area contributed by atoms with Crippen LogP contribution in [0.1, 0.15) is 59.3 Å². The first kappa shape index (κ1) is 25.3. The Bertz CT molecular complexity index is 300. The Morgan fingerprint density at radius 3 is 1.92 bits per heavy atom. The van der Waals surface area contributed by atoms with E-state index in [9.17, 15) is 4.79 Å². The van der Waals surface area contributed by atoms with Crippen LogP contribution >= 0.6 is 0 Å². The van der Waals surface area contributed by atoms with Crippen molar-refractivity contribution in [1.82, 2.24) is 5.32 Å². The van der Waals surface area contributed by atoms with Crippen molar-refractivity contribution in [3.63, 3.8) is 0 Å². The average Bonchev–Trinajstić information content (AvgIpc) is 2.62. The Balaban J connectivity index is 3.11. The van der Waals surface area contributed by atoms with E-state index in [0.717, 1.165) is 32.4 Å². The van der Waals surface area contributed by atoms with Gasteiger partial charge in [0.15, 0.2) is 0 Å². The molecule has 0 aliphatic heterocycles. The van der Waals surface area contributed by atoms with Crippen molar-refractivity contribution in [1.29, 1.82) is 0 Å². The van der Waals surface area contributed by atoms with Gasteiger partial charge in [-0.05, 0) is 25.2 Å². The van der Waals surface area contributed by atoms with Gasteiger partial charge in [-0.2, -0.15) is 0 Å². The maximum Gasteiger partial charge on any atom is 0.245 e. The molecule has 0 heterocycles. The molecule has 6 nitrogen and oxygen atoms in total. The van der Waals surface area contributed by atoms with Crippen molar-refractivity contribution in [3.05, 3.63) is 0 Å². The van der Waals surface area contributed by atoms with Gasteiger partial charge in [0.05, 0.1) is 39.6 Å². The van der Waals surface area contributed by atoms with Crippen LogP contribution in [0.4, 0.5) is 0 Å². The fourth-order valence-corrected chi connectivity index (χ4v) is 2.24. The summed E-state index contributed by atoms with van der Waals surface area (Å²) in [5.41, 5.74) is 0. The van der Waals surface area contributed by atoms with Crippen molar-refractivity contribution in [3.8, 4) is 0 Å². The highest BCUT2D eigenvalue weighted by molar-refractivity contribution is 5.77. The van der Waals surface area contributed by atoms with Crippen molar-refractivity contribution < 1.29 is 23.7 Å². The van der Waals surface area contributed by atoms with E-state index < -0.39 is 0 Å². The minimum absolute atomic E-state index is 0.0632. The molecule has 0 aromatic heterocycles. The van der Waals surface area contributed by atoms with Crippen LogP contribution in [-0.2, 0) is 23.7 Å². The minimum atomic E-state index is -0.0632. The average molecular weight is 376 g/mol. The van der Waals surface area contributed by atoms with E-state index in [2.05, 4.69) is 26.1 Å². The maximum atomic E-state index is 11.5. The summed E-state index contributed by atoms with van der Waals surface area (Å²) in [6, 6.07) is 0. The van der Waals surface area contributed by atoms with Gasteiger partial charge in [-0.1, -0.05) is 40.0 Å². The molecule has 0 saturated carbocycles. The summed E-state index contributed by atoms with van der Waals surface area (Å²) in [7, 11) is 0. The van der Waals surface area contributed by atoms with E-state index in [4.69, 9.17) is 18.9 Å². The highest BCUT2D eigenvalue weighted by Crippen LogP contribution is 2.01. The van der Waals surface area contributed by atoms with E-state index in [0.29, 0.717) is 45.6 Å².